The lowest BCUT2D eigenvalue weighted by atomic mass is 10.4. The molecule has 3 rings (SSSR count). The Morgan fingerprint density at radius 2 is 2.32 bits per heavy atom. The van der Waals surface area contributed by atoms with Crippen molar-refractivity contribution in [2.75, 3.05) is 0 Å². The highest BCUT2D eigenvalue weighted by Gasteiger charge is 2.08. The second kappa shape index (κ2) is 5.20. The summed E-state index contributed by atoms with van der Waals surface area (Å²) < 4.78 is 2.14. The van der Waals surface area contributed by atoms with E-state index in [0.717, 1.165) is 15.6 Å². The lowest BCUT2D eigenvalue weighted by Gasteiger charge is -1.96. The molecule has 0 aromatic carbocycles. The Hall–Kier alpha value is -1.57. The van der Waals surface area contributed by atoms with Crippen molar-refractivity contribution < 1.29 is 0 Å². The average molecular weight is 306 g/mol. The maximum Gasteiger partial charge on any atom is 0.216 e. The molecule has 3 heterocycles. The van der Waals surface area contributed by atoms with Crippen LogP contribution in [0.4, 0.5) is 0 Å². The molecule has 0 fully saturated rings. The van der Waals surface area contributed by atoms with Gasteiger partial charge >= 0.3 is 0 Å². The average Bonchev–Trinajstić information content (AvgIpc) is 3.08. The second-order valence-corrected chi connectivity index (χ2v) is 6.49. The van der Waals surface area contributed by atoms with Crippen molar-refractivity contribution in [2.45, 2.75) is 6.92 Å². The zero-order valence-corrected chi connectivity index (χ0v) is 12.5. The number of aryl methyl sites for hydroxylation is 1. The minimum atomic E-state index is 0.493. The smallest absolute Gasteiger partial charge is 0.216 e. The van der Waals surface area contributed by atoms with Gasteiger partial charge in [0.15, 0.2) is 5.82 Å². The molecule has 0 saturated heterocycles. The third-order valence-electron chi connectivity index (χ3n) is 2.45. The van der Waals surface area contributed by atoms with Crippen molar-refractivity contribution in [1.29, 1.82) is 0 Å². The fourth-order valence-electron chi connectivity index (χ4n) is 1.60. The molecule has 3 aromatic heterocycles. The number of hydrogen-bond donors (Lipinski definition) is 1. The second-order valence-electron chi connectivity index (χ2n) is 3.83. The van der Waals surface area contributed by atoms with Gasteiger partial charge in [-0.05, 0) is 42.7 Å². The molecule has 0 unspecified atom stereocenters. The number of thiophene rings is 2. The maximum atomic E-state index is 5.21. The number of aromatic nitrogens is 3. The van der Waals surface area contributed by atoms with Crippen molar-refractivity contribution in [3.8, 4) is 10.7 Å². The molecule has 0 aliphatic carbocycles. The molecule has 4 nitrogen and oxygen atoms in total. The number of nitrogens with one attached hydrogen (secondary N) is 1. The molecule has 0 spiro atoms. The van der Waals surface area contributed by atoms with Crippen LogP contribution in [-0.4, -0.2) is 21.1 Å². The normalized spacial score (nSPS) is 11.4. The van der Waals surface area contributed by atoms with Crippen molar-refractivity contribution >= 4 is 41.1 Å². The summed E-state index contributed by atoms with van der Waals surface area (Å²) in [6, 6.07) is 8.09. The molecule has 7 heteroatoms. The number of rotatable bonds is 3. The van der Waals surface area contributed by atoms with E-state index in [1.807, 2.05) is 23.6 Å². The van der Waals surface area contributed by atoms with Gasteiger partial charge in [0, 0.05) is 9.75 Å². The van der Waals surface area contributed by atoms with Gasteiger partial charge in [0.05, 0.1) is 11.1 Å². The van der Waals surface area contributed by atoms with Crippen LogP contribution >= 0.6 is 34.9 Å². The number of nitrogens with zero attached hydrogens (tertiary/aromatic N) is 3. The van der Waals surface area contributed by atoms with Crippen LogP contribution in [0.2, 0.25) is 0 Å². The summed E-state index contributed by atoms with van der Waals surface area (Å²) in [5.74, 6) is 0.740. The van der Waals surface area contributed by atoms with Crippen LogP contribution in [-0.2, 0) is 0 Å². The van der Waals surface area contributed by atoms with Gasteiger partial charge in [-0.15, -0.1) is 22.7 Å². The summed E-state index contributed by atoms with van der Waals surface area (Å²) in [4.78, 5) is 3.39. The van der Waals surface area contributed by atoms with E-state index < -0.39 is 0 Å². The Balaban J connectivity index is 1.99. The van der Waals surface area contributed by atoms with Crippen LogP contribution < -0.4 is 0 Å². The Kier molecular flexibility index (Phi) is 3.41. The van der Waals surface area contributed by atoms with Crippen LogP contribution in [0, 0.1) is 11.7 Å². The lowest BCUT2D eigenvalue weighted by molar-refractivity contribution is 0.874. The maximum absolute atomic E-state index is 5.21. The monoisotopic (exact) mass is 306 g/mol. The minimum Gasteiger partial charge on any atom is -0.250 e. The van der Waals surface area contributed by atoms with Gasteiger partial charge < -0.3 is 0 Å². The summed E-state index contributed by atoms with van der Waals surface area (Å²) in [7, 11) is 0. The van der Waals surface area contributed by atoms with Gasteiger partial charge in [-0.25, -0.2) is 5.10 Å². The molecule has 1 N–H and O–H groups in total. The molecule has 0 amide bonds. The van der Waals surface area contributed by atoms with Crippen LogP contribution in [0.25, 0.3) is 10.7 Å². The van der Waals surface area contributed by atoms with E-state index in [2.05, 4.69) is 28.3 Å². The van der Waals surface area contributed by atoms with E-state index >= 15 is 0 Å². The van der Waals surface area contributed by atoms with Gasteiger partial charge in [-0.3, -0.25) is 0 Å². The molecular weight excluding hydrogens is 296 g/mol. The molecule has 0 atom stereocenters. The van der Waals surface area contributed by atoms with E-state index in [0.29, 0.717) is 4.77 Å². The third kappa shape index (κ3) is 2.58. The molecule has 0 radical (unpaired) electrons. The van der Waals surface area contributed by atoms with Crippen LogP contribution in [0.1, 0.15) is 9.75 Å². The van der Waals surface area contributed by atoms with Gasteiger partial charge in [0.2, 0.25) is 4.77 Å². The third-order valence-corrected chi connectivity index (χ3v) is 4.52. The topological polar surface area (TPSA) is 46.0 Å². The molecule has 96 valence electrons. The molecule has 0 aliphatic heterocycles. The van der Waals surface area contributed by atoms with Crippen molar-refractivity contribution in [3.05, 3.63) is 44.2 Å². The van der Waals surface area contributed by atoms with Gasteiger partial charge in [-0.2, -0.15) is 14.9 Å². The molecular formula is C12H10N4S3. The fourth-order valence-corrected chi connectivity index (χ4v) is 3.22. The zero-order chi connectivity index (χ0) is 13.2. The Morgan fingerprint density at radius 3 is 3.00 bits per heavy atom. The van der Waals surface area contributed by atoms with Gasteiger partial charge in [0.25, 0.3) is 0 Å². The Morgan fingerprint density at radius 1 is 1.42 bits per heavy atom. The van der Waals surface area contributed by atoms with Crippen LogP contribution in [0.15, 0.2) is 34.7 Å². The summed E-state index contributed by atoms with van der Waals surface area (Å²) in [6.45, 7) is 2.07. The summed E-state index contributed by atoms with van der Waals surface area (Å²) >= 11 is 8.51. The predicted octanol–water partition coefficient (Wildman–Crippen LogP) is 3.92. The van der Waals surface area contributed by atoms with Gasteiger partial charge in [0.1, 0.15) is 0 Å². The highest BCUT2D eigenvalue weighted by Crippen LogP contribution is 2.22. The fraction of sp³-hybridized carbons (Fsp3) is 0.0833. The highest BCUT2D eigenvalue weighted by molar-refractivity contribution is 7.71. The highest BCUT2D eigenvalue weighted by atomic mass is 32.1. The molecule has 0 bridgehead atoms. The Bertz CT molecular complexity index is 761. The van der Waals surface area contributed by atoms with E-state index in [1.54, 1.807) is 33.6 Å². The quantitative estimate of drug-likeness (QED) is 0.589. The van der Waals surface area contributed by atoms with Crippen LogP contribution in [0.3, 0.4) is 0 Å². The number of hydrogen-bond acceptors (Lipinski definition) is 5. The Labute approximate surface area is 123 Å². The predicted molar refractivity (Wildman–Crippen MR) is 82.8 cm³/mol. The van der Waals surface area contributed by atoms with E-state index in [4.69, 9.17) is 12.2 Å². The first-order valence-corrected chi connectivity index (χ1v) is 7.66. The SMILES string of the molecule is Cc1ccc(/C=N/n2c(-c3cccs3)n[nH]c2=S)s1. The van der Waals surface area contributed by atoms with E-state index in [1.165, 1.54) is 4.88 Å². The minimum absolute atomic E-state index is 0.493. The van der Waals surface area contributed by atoms with Gasteiger partial charge in [-0.1, -0.05) is 6.07 Å². The largest absolute Gasteiger partial charge is 0.250 e. The molecule has 0 saturated carbocycles. The van der Waals surface area contributed by atoms with E-state index in [9.17, 15) is 0 Å². The summed E-state index contributed by atoms with van der Waals surface area (Å²) in [6.07, 6.45) is 1.81. The zero-order valence-electron chi connectivity index (χ0n) is 10.0. The van der Waals surface area contributed by atoms with Crippen molar-refractivity contribution in [2.24, 2.45) is 5.10 Å². The molecule has 19 heavy (non-hydrogen) atoms. The first-order valence-electron chi connectivity index (χ1n) is 5.56. The van der Waals surface area contributed by atoms with Crippen molar-refractivity contribution in [1.82, 2.24) is 14.9 Å². The standard InChI is InChI=1S/C12H10N4S3/c1-8-4-5-9(19-8)7-13-16-11(14-15-12(16)17)10-3-2-6-18-10/h2-7H,1H3,(H,15,17)/b13-7+. The van der Waals surface area contributed by atoms with Crippen LogP contribution in [0.5, 0.6) is 0 Å². The lowest BCUT2D eigenvalue weighted by Crippen LogP contribution is -1.92. The number of aromatic amines is 1. The summed E-state index contributed by atoms with van der Waals surface area (Å²) in [5.41, 5.74) is 0. The van der Waals surface area contributed by atoms with Crippen molar-refractivity contribution in [3.63, 3.8) is 0 Å². The number of H-pyrrole nitrogens is 1. The first-order chi connectivity index (χ1) is 9.24. The molecule has 0 aliphatic rings. The first kappa shape index (κ1) is 12.5. The summed E-state index contributed by atoms with van der Waals surface area (Å²) in [5, 5.41) is 13.4. The van der Waals surface area contributed by atoms with E-state index in [-0.39, 0.29) is 0 Å². The molecule has 3 aromatic rings.